The molecule has 0 aliphatic rings. The van der Waals surface area contributed by atoms with E-state index >= 15 is 0 Å². The van der Waals surface area contributed by atoms with Crippen LogP contribution in [0.25, 0.3) is 0 Å². The number of unbranched alkanes of at least 4 members (excludes halogenated alkanes) is 8. The maximum absolute atomic E-state index is 8.94. The van der Waals surface area contributed by atoms with Crippen molar-refractivity contribution in [3.63, 3.8) is 0 Å². The molecule has 1 aromatic carbocycles. The second-order valence-corrected chi connectivity index (χ2v) is 7.51. The second kappa shape index (κ2) is 19.9. The second-order valence-electron chi connectivity index (χ2n) is 7.51. The molecule has 0 radical (unpaired) electrons. The van der Waals surface area contributed by atoms with Crippen molar-refractivity contribution in [1.82, 2.24) is 0 Å². The molecular formula is C26H40O5. The molecule has 0 saturated carbocycles. The molecule has 0 saturated heterocycles. The lowest BCUT2D eigenvalue weighted by atomic mass is 10.1. The molecular weight excluding hydrogens is 392 g/mol. The van der Waals surface area contributed by atoms with Crippen LogP contribution in [0.4, 0.5) is 0 Å². The Morgan fingerprint density at radius 1 is 0.774 bits per heavy atom. The lowest BCUT2D eigenvalue weighted by molar-refractivity contribution is 0.251. The first-order valence-electron chi connectivity index (χ1n) is 11.7. The monoisotopic (exact) mass is 432 g/mol. The molecule has 0 aliphatic heterocycles. The Balaban J connectivity index is 2.01. The largest absolute Gasteiger partial charge is 0.493 e. The van der Waals surface area contributed by atoms with E-state index in [4.69, 9.17) is 24.8 Å². The fourth-order valence-corrected chi connectivity index (χ4v) is 3.07. The van der Waals surface area contributed by atoms with E-state index in [0.717, 1.165) is 55.8 Å². The third-order valence-electron chi connectivity index (χ3n) is 4.81. The van der Waals surface area contributed by atoms with Crippen molar-refractivity contribution in [2.75, 3.05) is 33.0 Å². The third-order valence-corrected chi connectivity index (χ3v) is 4.81. The van der Waals surface area contributed by atoms with E-state index in [1.54, 1.807) is 6.08 Å². The zero-order chi connectivity index (χ0) is 22.4. The standard InChI is InChI=1S/C26H40O5/c27-18-9-11-22-31-26-15-12-14-25(23-26)30-21-10-7-5-3-1-2-4-6-8-13-24(16-19-28)17-20-29/h12,14-16,23,27-29H,1-7,9-11,17-22H2/b24-16-. The molecule has 3 N–H and O–H groups in total. The molecule has 0 aromatic heterocycles. The summed E-state index contributed by atoms with van der Waals surface area (Å²) in [6.45, 7) is 1.58. The smallest absolute Gasteiger partial charge is 0.122 e. The number of aliphatic hydroxyl groups excluding tert-OH is 3. The van der Waals surface area contributed by atoms with Crippen molar-refractivity contribution in [2.24, 2.45) is 0 Å². The van der Waals surface area contributed by atoms with Crippen molar-refractivity contribution in [1.29, 1.82) is 0 Å². The molecule has 5 nitrogen and oxygen atoms in total. The van der Waals surface area contributed by atoms with E-state index < -0.39 is 0 Å². The molecule has 0 amide bonds. The van der Waals surface area contributed by atoms with Crippen molar-refractivity contribution in [3.8, 4) is 23.3 Å². The summed E-state index contributed by atoms with van der Waals surface area (Å²) in [6, 6.07) is 7.75. The molecule has 0 spiro atoms. The van der Waals surface area contributed by atoms with Gasteiger partial charge >= 0.3 is 0 Å². The van der Waals surface area contributed by atoms with Crippen LogP contribution in [0, 0.1) is 11.8 Å². The number of aliphatic hydroxyl groups is 3. The summed E-state index contributed by atoms with van der Waals surface area (Å²) in [5.41, 5.74) is 0.824. The quantitative estimate of drug-likeness (QED) is 0.233. The molecule has 0 aliphatic carbocycles. The molecule has 1 rings (SSSR count). The number of ether oxygens (including phenoxy) is 2. The molecule has 0 unspecified atom stereocenters. The molecule has 0 heterocycles. The molecule has 0 fully saturated rings. The normalized spacial score (nSPS) is 11.1. The summed E-state index contributed by atoms with van der Waals surface area (Å²) < 4.78 is 11.5. The van der Waals surface area contributed by atoms with Gasteiger partial charge < -0.3 is 24.8 Å². The predicted octanol–water partition coefficient (Wildman–Crippen LogP) is 4.64. The van der Waals surface area contributed by atoms with Gasteiger partial charge in [-0.05, 0) is 43.9 Å². The highest BCUT2D eigenvalue weighted by atomic mass is 16.5. The highest BCUT2D eigenvalue weighted by Crippen LogP contribution is 2.20. The van der Waals surface area contributed by atoms with Crippen LogP contribution < -0.4 is 9.47 Å². The van der Waals surface area contributed by atoms with Crippen LogP contribution in [-0.4, -0.2) is 48.4 Å². The Bertz CT molecular complexity index is 645. The Morgan fingerprint density at radius 2 is 1.39 bits per heavy atom. The maximum atomic E-state index is 8.94. The number of hydrogen-bond acceptors (Lipinski definition) is 5. The summed E-state index contributed by atoms with van der Waals surface area (Å²) in [6.07, 6.45) is 12.9. The van der Waals surface area contributed by atoms with Crippen molar-refractivity contribution < 1.29 is 24.8 Å². The van der Waals surface area contributed by atoms with Gasteiger partial charge in [-0.2, -0.15) is 0 Å². The van der Waals surface area contributed by atoms with Gasteiger partial charge in [0.1, 0.15) is 11.5 Å². The van der Waals surface area contributed by atoms with Gasteiger partial charge in [-0.1, -0.05) is 50.0 Å². The van der Waals surface area contributed by atoms with E-state index in [-0.39, 0.29) is 19.8 Å². The van der Waals surface area contributed by atoms with Gasteiger partial charge in [0.15, 0.2) is 0 Å². The molecule has 0 atom stereocenters. The highest BCUT2D eigenvalue weighted by Gasteiger charge is 1.99. The minimum Gasteiger partial charge on any atom is -0.493 e. The molecule has 0 bridgehead atoms. The van der Waals surface area contributed by atoms with Gasteiger partial charge in [0.05, 0.1) is 19.8 Å². The van der Waals surface area contributed by atoms with Crippen LogP contribution in [-0.2, 0) is 0 Å². The molecule has 5 heteroatoms. The number of rotatable bonds is 18. The maximum Gasteiger partial charge on any atom is 0.122 e. The van der Waals surface area contributed by atoms with Gasteiger partial charge in [-0.3, -0.25) is 0 Å². The Labute approximate surface area is 188 Å². The van der Waals surface area contributed by atoms with Gasteiger partial charge in [0, 0.05) is 37.7 Å². The van der Waals surface area contributed by atoms with Crippen LogP contribution >= 0.6 is 0 Å². The average Bonchev–Trinajstić information content (AvgIpc) is 2.78. The topological polar surface area (TPSA) is 79.2 Å². The lowest BCUT2D eigenvalue weighted by Gasteiger charge is -2.09. The highest BCUT2D eigenvalue weighted by molar-refractivity contribution is 5.32. The molecule has 174 valence electrons. The van der Waals surface area contributed by atoms with Crippen molar-refractivity contribution in [2.45, 2.75) is 70.6 Å². The minimum absolute atomic E-state index is 0.0258. The summed E-state index contributed by atoms with van der Waals surface area (Å²) in [5.74, 6) is 7.83. The van der Waals surface area contributed by atoms with Crippen LogP contribution in [0.5, 0.6) is 11.5 Å². The fraction of sp³-hybridized carbons (Fsp3) is 0.615. The van der Waals surface area contributed by atoms with Crippen LogP contribution in [0.15, 0.2) is 35.9 Å². The van der Waals surface area contributed by atoms with E-state index in [9.17, 15) is 0 Å². The van der Waals surface area contributed by atoms with E-state index in [1.165, 1.54) is 32.1 Å². The fourth-order valence-electron chi connectivity index (χ4n) is 3.07. The van der Waals surface area contributed by atoms with E-state index in [2.05, 4.69) is 11.8 Å². The predicted molar refractivity (Wildman–Crippen MR) is 125 cm³/mol. The van der Waals surface area contributed by atoms with Crippen LogP contribution in [0.3, 0.4) is 0 Å². The van der Waals surface area contributed by atoms with Gasteiger partial charge in [0.2, 0.25) is 0 Å². The summed E-state index contributed by atoms with van der Waals surface area (Å²) >= 11 is 0. The first-order valence-corrected chi connectivity index (χ1v) is 11.7. The Hall–Kier alpha value is -2.00. The SMILES string of the molecule is OC/C=C(/C#CCCCCCCCCCOc1cccc(OCCCCO)c1)CCO. The summed E-state index contributed by atoms with van der Waals surface area (Å²) in [5, 5.41) is 26.6. The zero-order valence-corrected chi connectivity index (χ0v) is 18.9. The number of benzene rings is 1. The lowest BCUT2D eigenvalue weighted by Crippen LogP contribution is -2.00. The van der Waals surface area contributed by atoms with E-state index in [0.29, 0.717) is 13.0 Å². The first kappa shape index (κ1) is 27.0. The van der Waals surface area contributed by atoms with Crippen molar-refractivity contribution >= 4 is 0 Å². The van der Waals surface area contributed by atoms with Gasteiger partial charge in [0.25, 0.3) is 0 Å². The van der Waals surface area contributed by atoms with Gasteiger partial charge in [-0.25, -0.2) is 0 Å². The van der Waals surface area contributed by atoms with E-state index in [1.807, 2.05) is 24.3 Å². The average molecular weight is 433 g/mol. The third kappa shape index (κ3) is 15.5. The van der Waals surface area contributed by atoms with Crippen molar-refractivity contribution in [3.05, 3.63) is 35.9 Å². The Morgan fingerprint density at radius 3 is 2.00 bits per heavy atom. The molecule has 31 heavy (non-hydrogen) atoms. The Kier molecular flexibility index (Phi) is 17.4. The van der Waals surface area contributed by atoms with Crippen LogP contribution in [0.1, 0.15) is 70.6 Å². The summed E-state index contributed by atoms with van der Waals surface area (Å²) in [4.78, 5) is 0. The minimum atomic E-state index is -0.0258. The number of hydrogen-bond donors (Lipinski definition) is 3. The first-order chi connectivity index (χ1) is 15.3. The summed E-state index contributed by atoms with van der Waals surface area (Å²) in [7, 11) is 0. The zero-order valence-electron chi connectivity index (χ0n) is 18.9. The van der Waals surface area contributed by atoms with Gasteiger partial charge in [-0.15, -0.1) is 0 Å². The molecule has 1 aromatic rings. The van der Waals surface area contributed by atoms with Crippen LogP contribution in [0.2, 0.25) is 0 Å².